The summed E-state index contributed by atoms with van der Waals surface area (Å²) in [7, 11) is 0. The van der Waals surface area contributed by atoms with E-state index in [1.54, 1.807) is 9.80 Å². The zero-order valence-corrected chi connectivity index (χ0v) is 25.4. The second-order valence-corrected chi connectivity index (χ2v) is 13.7. The van der Waals surface area contributed by atoms with Gasteiger partial charge in [0.15, 0.2) is 0 Å². The number of likely N-dealkylation sites (tertiary alicyclic amines) is 2. The molecule has 0 saturated carbocycles. The molecule has 4 atom stereocenters. The number of amides is 2. The van der Waals surface area contributed by atoms with Gasteiger partial charge in [-0.2, -0.15) is 0 Å². The highest BCUT2D eigenvalue weighted by atomic mass is 16.6. The highest BCUT2D eigenvalue weighted by Crippen LogP contribution is 2.29. The quantitative estimate of drug-likeness (QED) is 0.573. The number of ketones is 2. The van der Waals surface area contributed by atoms with E-state index in [2.05, 4.69) is 22.3 Å². The first kappa shape index (κ1) is 31.0. The SMILES string of the molecule is CC(C)(C)OC(=O)N1CC2CC(=O)CC(C1)N2.CC(C)(C)OC(=O)N1CC2CC(=O)CC(C1)N2Cc1ccccc1. The molecule has 1 N–H and O–H groups in total. The molecule has 0 aromatic heterocycles. The highest BCUT2D eigenvalue weighted by molar-refractivity contribution is 5.82. The molecule has 4 heterocycles. The van der Waals surface area contributed by atoms with Gasteiger partial charge in [0.25, 0.3) is 0 Å². The number of rotatable bonds is 2. The summed E-state index contributed by atoms with van der Waals surface area (Å²) in [5.41, 5.74) is 0.281. The molecule has 10 nitrogen and oxygen atoms in total. The van der Waals surface area contributed by atoms with Gasteiger partial charge in [-0.3, -0.25) is 14.5 Å². The lowest BCUT2D eigenvalue weighted by Gasteiger charge is -2.49. The van der Waals surface area contributed by atoms with Crippen molar-refractivity contribution in [2.24, 2.45) is 0 Å². The molecule has 41 heavy (non-hydrogen) atoms. The first-order valence-corrected chi connectivity index (χ1v) is 14.7. The number of carbonyl (C=O) groups is 4. The zero-order valence-electron chi connectivity index (χ0n) is 25.4. The smallest absolute Gasteiger partial charge is 0.410 e. The largest absolute Gasteiger partial charge is 0.444 e. The molecule has 10 heteroatoms. The van der Waals surface area contributed by atoms with Crippen molar-refractivity contribution in [1.82, 2.24) is 20.0 Å². The van der Waals surface area contributed by atoms with Crippen molar-refractivity contribution >= 4 is 23.8 Å². The fourth-order valence-electron chi connectivity index (χ4n) is 5.99. The van der Waals surface area contributed by atoms with Crippen LogP contribution < -0.4 is 5.32 Å². The van der Waals surface area contributed by atoms with E-state index >= 15 is 0 Å². The van der Waals surface area contributed by atoms with Crippen molar-refractivity contribution < 1.29 is 28.7 Å². The lowest BCUT2D eigenvalue weighted by atomic mass is 9.90. The number of hydrogen-bond donors (Lipinski definition) is 1. The van der Waals surface area contributed by atoms with Gasteiger partial charge in [-0.05, 0) is 47.1 Å². The fourth-order valence-corrected chi connectivity index (χ4v) is 5.99. The number of fused-ring (bicyclic) bond motifs is 4. The molecular formula is C31H46N4O6. The highest BCUT2D eigenvalue weighted by Gasteiger charge is 2.43. The van der Waals surface area contributed by atoms with Gasteiger partial charge >= 0.3 is 12.2 Å². The van der Waals surface area contributed by atoms with Crippen molar-refractivity contribution in [2.45, 2.75) is 109 Å². The first-order valence-electron chi connectivity index (χ1n) is 14.7. The molecule has 4 bridgehead atoms. The molecule has 0 radical (unpaired) electrons. The third kappa shape index (κ3) is 9.00. The number of hydrogen-bond acceptors (Lipinski definition) is 8. The van der Waals surface area contributed by atoms with Crippen LogP contribution in [0.3, 0.4) is 0 Å². The van der Waals surface area contributed by atoms with E-state index in [1.807, 2.05) is 59.7 Å². The van der Waals surface area contributed by atoms with Crippen molar-refractivity contribution in [3.63, 3.8) is 0 Å². The Hall–Kier alpha value is -2.98. The number of benzene rings is 1. The topological polar surface area (TPSA) is 108 Å². The summed E-state index contributed by atoms with van der Waals surface area (Å²) in [5.74, 6) is 0.598. The van der Waals surface area contributed by atoms with Crippen LogP contribution in [-0.2, 0) is 25.6 Å². The maximum atomic E-state index is 12.4. The summed E-state index contributed by atoms with van der Waals surface area (Å²) in [4.78, 5) is 53.6. The second-order valence-electron chi connectivity index (χ2n) is 13.7. The van der Waals surface area contributed by atoms with E-state index in [0.717, 1.165) is 6.54 Å². The summed E-state index contributed by atoms with van der Waals surface area (Å²) < 4.78 is 10.8. The molecule has 4 aliphatic rings. The molecule has 4 fully saturated rings. The predicted octanol–water partition coefficient (Wildman–Crippen LogP) is 3.77. The minimum atomic E-state index is -0.497. The third-order valence-corrected chi connectivity index (χ3v) is 7.54. The van der Waals surface area contributed by atoms with Crippen molar-refractivity contribution in [2.75, 3.05) is 26.2 Å². The number of ether oxygens (including phenoxy) is 2. The van der Waals surface area contributed by atoms with Gasteiger partial charge < -0.3 is 24.6 Å². The van der Waals surface area contributed by atoms with Crippen LogP contribution in [0.15, 0.2) is 30.3 Å². The molecule has 0 spiro atoms. The maximum absolute atomic E-state index is 12.4. The Labute approximate surface area is 243 Å². The summed E-state index contributed by atoms with van der Waals surface area (Å²) in [6.07, 6.45) is 1.53. The standard InChI is InChI=1S/C19H26N2O3.C12H20N2O3/c1-19(2,3)24-18(23)20-12-15-9-17(22)10-16(13-20)21(15)11-14-7-5-4-6-8-14;1-12(2,3)17-11(16)14-6-8-4-10(15)5-9(7-14)13-8/h4-8,15-16H,9-13H2,1-3H3;8-9,13H,4-7H2,1-3H3. The van der Waals surface area contributed by atoms with E-state index in [1.165, 1.54) is 5.56 Å². The number of carbonyl (C=O) groups excluding carboxylic acids is 4. The van der Waals surface area contributed by atoms with Gasteiger partial charge in [0.2, 0.25) is 0 Å². The van der Waals surface area contributed by atoms with Crippen molar-refractivity contribution in [3.05, 3.63) is 35.9 Å². The summed E-state index contributed by atoms with van der Waals surface area (Å²) >= 11 is 0. The number of piperazine rings is 2. The minimum Gasteiger partial charge on any atom is -0.444 e. The Balaban J connectivity index is 0.000000201. The van der Waals surface area contributed by atoms with Crippen LogP contribution in [0.2, 0.25) is 0 Å². The fraction of sp³-hybridized carbons (Fsp3) is 0.677. The molecule has 1 aromatic carbocycles. The van der Waals surface area contributed by atoms with Crippen LogP contribution in [0.4, 0.5) is 9.59 Å². The molecule has 4 aliphatic heterocycles. The average molecular weight is 571 g/mol. The third-order valence-electron chi connectivity index (χ3n) is 7.54. The Kier molecular flexibility index (Phi) is 9.43. The molecule has 4 unspecified atom stereocenters. The molecule has 2 amide bonds. The van der Waals surface area contributed by atoms with E-state index in [0.29, 0.717) is 63.4 Å². The van der Waals surface area contributed by atoms with Gasteiger partial charge in [-0.1, -0.05) is 30.3 Å². The molecular weight excluding hydrogens is 524 g/mol. The minimum absolute atomic E-state index is 0.0812. The van der Waals surface area contributed by atoms with Crippen molar-refractivity contribution in [3.8, 4) is 0 Å². The lowest BCUT2D eigenvalue weighted by molar-refractivity contribution is -0.129. The Morgan fingerprint density at radius 1 is 0.732 bits per heavy atom. The molecule has 1 aromatic rings. The normalized spacial score (nSPS) is 26.6. The van der Waals surface area contributed by atoms with E-state index in [9.17, 15) is 19.2 Å². The summed E-state index contributed by atoms with van der Waals surface area (Å²) in [5, 5.41) is 3.36. The average Bonchev–Trinajstić information content (AvgIpc) is 2.82. The zero-order chi connectivity index (χ0) is 29.9. The van der Waals surface area contributed by atoms with E-state index in [-0.39, 0.29) is 36.4 Å². The number of piperidine rings is 2. The van der Waals surface area contributed by atoms with Crippen LogP contribution in [0.1, 0.15) is 72.8 Å². The van der Waals surface area contributed by atoms with E-state index in [4.69, 9.17) is 9.47 Å². The van der Waals surface area contributed by atoms with Crippen LogP contribution in [-0.4, -0.2) is 100 Å². The van der Waals surface area contributed by atoms with Gasteiger partial charge in [0.1, 0.15) is 22.8 Å². The lowest BCUT2D eigenvalue weighted by Crippen LogP contribution is -2.63. The van der Waals surface area contributed by atoms with E-state index < -0.39 is 11.2 Å². The van der Waals surface area contributed by atoms with Crippen LogP contribution in [0.5, 0.6) is 0 Å². The Bertz CT molecular complexity index is 1080. The molecule has 0 aliphatic carbocycles. The number of Topliss-reactive ketones (excluding diaryl/α,β-unsaturated/α-hetero) is 2. The molecule has 5 rings (SSSR count). The summed E-state index contributed by atoms with van der Waals surface area (Å²) in [6.45, 7) is 14.3. The first-order chi connectivity index (χ1) is 19.1. The van der Waals surface area contributed by atoms with Crippen molar-refractivity contribution in [1.29, 1.82) is 0 Å². The van der Waals surface area contributed by atoms with Gasteiger partial charge in [0, 0.05) is 82.6 Å². The monoisotopic (exact) mass is 570 g/mol. The van der Waals surface area contributed by atoms with Gasteiger partial charge in [-0.15, -0.1) is 0 Å². The van der Waals surface area contributed by atoms with Gasteiger partial charge in [-0.25, -0.2) is 9.59 Å². The molecule has 4 saturated heterocycles. The Morgan fingerprint density at radius 3 is 1.63 bits per heavy atom. The van der Waals surface area contributed by atoms with Gasteiger partial charge in [0.05, 0.1) is 0 Å². The summed E-state index contributed by atoms with van der Waals surface area (Å²) in [6, 6.07) is 10.7. The predicted molar refractivity (Wildman–Crippen MR) is 154 cm³/mol. The van der Waals surface area contributed by atoms with Crippen LogP contribution in [0.25, 0.3) is 0 Å². The van der Waals surface area contributed by atoms with Crippen LogP contribution in [0, 0.1) is 0 Å². The maximum Gasteiger partial charge on any atom is 0.410 e. The molecule has 226 valence electrons. The van der Waals surface area contributed by atoms with Crippen LogP contribution >= 0.6 is 0 Å². The second kappa shape index (κ2) is 12.5. The number of nitrogens with one attached hydrogen (secondary N) is 1. The number of nitrogens with zero attached hydrogens (tertiary/aromatic N) is 3. The Morgan fingerprint density at radius 2 is 1.17 bits per heavy atom.